The van der Waals surface area contributed by atoms with Gasteiger partial charge in [0.25, 0.3) is 0 Å². The largest absolute Gasteiger partial charge is 0.463 e. The average molecular weight is 447 g/mol. The Balaban J connectivity index is 1.72. The highest BCUT2D eigenvalue weighted by Gasteiger charge is 2.70. The van der Waals surface area contributed by atoms with Crippen LogP contribution < -0.4 is 0 Å². The number of allylic oxidation sites excluding steroid dienone is 4. The van der Waals surface area contributed by atoms with Crippen LogP contribution in [0.1, 0.15) is 59.8 Å². The first kappa shape index (κ1) is 23.2. The third kappa shape index (κ3) is 3.27. The first-order valence-corrected chi connectivity index (χ1v) is 11.6. The maximum atomic E-state index is 12.1. The van der Waals surface area contributed by atoms with E-state index in [1.165, 1.54) is 13.8 Å². The first-order chi connectivity index (χ1) is 14.9. The topological polar surface area (TPSA) is 110 Å². The summed E-state index contributed by atoms with van der Waals surface area (Å²) in [4.78, 5) is 35.5. The van der Waals surface area contributed by atoms with Crippen molar-refractivity contribution in [3.63, 3.8) is 0 Å². The number of esters is 2. The lowest BCUT2D eigenvalue weighted by Gasteiger charge is -2.60. The minimum atomic E-state index is -1.24. The van der Waals surface area contributed by atoms with E-state index in [1.54, 1.807) is 12.2 Å². The monoisotopic (exact) mass is 446 g/mol. The second-order valence-electron chi connectivity index (χ2n) is 10.6. The van der Waals surface area contributed by atoms with Gasteiger partial charge in [-0.15, -0.1) is 0 Å². The molecule has 0 heterocycles. The third-order valence-corrected chi connectivity index (χ3v) is 8.99. The molecule has 0 aromatic carbocycles. The Hall–Kier alpha value is -1.99. The van der Waals surface area contributed by atoms with Gasteiger partial charge in [0.15, 0.2) is 5.78 Å². The maximum Gasteiger partial charge on any atom is 0.303 e. The van der Waals surface area contributed by atoms with Gasteiger partial charge in [-0.2, -0.15) is 0 Å². The quantitative estimate of drug-likeness (QED) is 0.639. The number of carbonyl (C=O) groups is 3. The van der Waals surface area contributed by atoms with Gasteiger partial charge in [0.1, 0.15) is 18.3 Å². The second-order valence-corrected chi connectivity index (χ2v) is 10.6. The molecular formula is C25H34O7. The zero-order chi connectivity index (χ0) is 23.5. The van der Waals surface area contributed by atoms with Crippen LogP contribution in [0.4, 0.5) is 0 Å². The van der Waals surface area contributed by atoms with Crippen molar-refractivity contribution in [2.24, 2.45) is 28.6 Å². The van der Waals surface area contributed by atoms with Gasteiger partial charge in [-0.1, -0.05) is 25.5 Å². The number of ketones is 1. The first-order valence-electron chi connectivity index (χ1n) is 11.6. The summed E-state index contributed by atoms with van der Waals surface area (Å²) in [5.74, 6) is -0.796. The van der Waals surface area contributed by atoms with E-state index in [0.717, 1.165) is 24.8 Å². The lowest BCUT2D eigenvalue weighted by Crippen LogP contribution is -2.64. The van der Waals surface area contributed by atoms with E-state index in [2.05, 4.69) is 6.92 Å². The molecule has 3 fully saturated rings. The van der Waals surface area contributed by atoms with E-state index in [1.807, 2.05) is 13.0 Å². The van der Waals surface area contributed by atoms with Crippen LogP contribution in [0.5, 0.6) is 0 Å². The average Bonchev–Trinajstić information content (AvgIpc) is 2.98. The smallest absolute Gasteiger partial charge is 0.303 e. The highest BCUT2D eigenvalue weighted by Crippen LogP contribution is 2.68. The van der Waals surface area contributed by atoms with Crippen LogP contribution in [0.15, 0.2) is 23.8 Å². The number of aliphatic hydroxyl groups is 2. The predicted molar refractivity (Wildman–Crippen MR) is 115 cm³/mol. The Bertz CT molecular complexity index is 891. The van der Waals surface area contributed by atoms with Gasteiger partial charge in [0.2, 0.25) is 0 Å². The minimum absolute atomic E-state index is 0.00519. The van der Waals surface area contributed by atoms with E-state index in [0.29, 0.717) is 12.8 Å². The number of carbonyl (C=O) groups excluding carboxylic acids is 3. The molecule has 0 radical (unpaired) electrons. The Kier molecular flexibility index (Phi) is 5.65. The van der Waals surface area contributed by atoms with Crippen LogP contribution >= 0.6 is 0 Å². The summed E-state index contributed by atoms with van der Waals surface area (Å²) < 4.78 is 11.0. The summed E-state index contributed by atoms with van der Waals surface area (Å²) in [5.41, 5.74) is -1.22. The molecule has 0 amide bonds. The van der Waals surface area contributed by atoms with Crippen LogP contribution in [-0.4, -0.2) is 52.4 Å². The minimum Gasteiger partial charge on any atom is -0.463 e. The summed E-state index contributed by atoms with van der Waals surface area (Å²) >= 11 is 0. The molecule has 7 nitrogen and oxygen atoms in total. The van der Waals surface area contributed by atoms with Crippen LogP contribution in [0.3, 0.4) is 0 Å². The Morgan fingerprint density at radius 1 is 1.22 bits per heavy atom. The van der Waals surface area contributed by atoms with Crippen molar-refractivity contribution in [1.82, 2.24) is 0 Å². The molecule has 4 rings (SSSR count). The molecule has 0 saturated heterocycles. The molecule has 3 saturated carbocycles. The maximum absolute atomic E-state index is 12.1. The zero-order valence-electron chi connectivity index (χ0n) is 19.3. The van der Waals surface area contributed by atoms with Crippen molar-refractivity contribution in [3.05, 3.63) is 23.8 Å². The van der Waals surface area contributed by atoms with Gasteiger partial charge in [-0.3, -0.25) is 14.4 Å². The fourth-order valence-corrected chi connectivity index (χ4v) is 7.72. The van der Waals surface area contributed by atoms with Gasteiger partial charge >= 0.3 is 11.9 Å². The van der Waals surface area contributed by atoms with Gasteiger partial charge in [0, 0.05) is 30.6 Å². The van der Waals surface area contributed by atoms with Crippen LogP contribution in [0, 0.1) is 28.6 Å². The van der Waals surface area contributed by atoms with Crippen molar-refractivity contribution >= 4 is 17.7 Å². The predicted octanol–water partition coefficient (Wildman–Crippen LogP) is 2.49. The summed E-state index contributed by atoms with van der Waals surface area (Å²) in [6, 6.07) is 0. The summed E-state index contributed by atoms with van der Waals surface area (Å²) in [6.07, 6.45) is 6.56. The lowest BCUT2D eigenvalue weighted by molar-refractivity contribution is -0.226. The molecule has 0 spiro atoms. The highest BCUT2D eigenvalue weighted by molar-refractivity contribution is 6.01. The fourth-order valence-electron chi connectivity index (χ4n) is 7.72. The van der Waals surface area contributed by atoms with E-state index in [-0.39, 0.29) is 35.6 Å². The molecule has 0 aromatic rings. The normalized spacial score (nSPS) is 43.4. The number of rotatable bonds is 4. The lowest BCUT2D eigenvalue weighted by atomic mass is 9.46. The highest BCUT2D eigenvalue weighted by atomic mass is 16.6. The molecule has 176 valence electrons. The molecule has 2 N–H and O–H groups in total. The van der Waals surface area contributed by atoms with Crippen molar-refractivity contribution in [3.8, 4) is 0 Å². The van der Waals surface area contributed by atoms with Crippen LogP contribution in [0.25, 0.3) is 0 Å². The fraction of sp³-hybridized carbons (Fsp3) is 0.720. The molecule has 0 aliphatic heterocycles. The van der Waals surface area contributed by atoms with Crippen molar-refractivity contribution in [1.29, 1.82) is 0 Å². The molecule has 8 atom stereocenters. The standard InChI is InChI=1S/C25H34O7/c1-14(26)31-13-21(30)25(32-15(2)27)10-8-19-18-6-5-16-11-17(28)7-9-23(16,3)22(18)20(29)12-24(19,25)4/h7,9,11,18-22,29-30H,5-6,8,10,12-13H2,1-4H3/t18-,19?,20-,21+,22+,23-,24-,25-/m0/s1. The van der Waals surface area contributed by atoms with E-state index < -0.39 is 35.2 Å². The molecule has 7 heteroatoms. The number of fused-ring (bicyclic) bond motifs is 5. The van der Waals surface area contributed by atoms with Gasteiger partial charge in [-0.25, -0.2) is 0 Å². The SMILES string of the molecule is CC(=O)OC[C@@H](O)[C@@]1(OC(C)=O)CCC2[C@@H]3CCC4=CC(=O)C=C[C@]4(C)[C@H]3[C@@H](O)C[C@@]21C. The third-order valence-electron chi connectivity index (χ3n) is 8.99. The van der Waals surface area contributed by atoms with Crippen molar-refractivity contribution < 1.29 is 34.1 Å². The zero-order valence-corrected chi connectivity index (χ0v) is 19.3. The molecule has 4 aliphatic carbocycles. The van der Waals surface area contributed by atoms with Crippen molar-refractivity contribution in [2.45, 2.75) is 77.6 Å². The molecule has 32 heavy (non-hydrogen) atoms. The number of aliphatic hydroxyl groups excluding tert-OH is 2. The Labute approximate surface area is 188 Å². The molecule has 0 aromatic heterocycles. The molecular weight excluding hydrogens is 412 g/mol. The van der Waals surface area contributed by atoms with Crippen molar-refractivity contribution in [2.75, 3.05) is 6.61 Å². The van der Waals surface area contributed by atoms with Crippen LogP contribution in [-0.2, 0) is 23.9 Å². The molecule has 1 unspecified atom stereocenters. The Morgan fingerprint density at radius 3 is 2.59 bits per heavy atom. The summed E-state index contributed by atoms with van der Waals surface area (Å²) in [5, 5.41) is 22.7. The molecule has 0 bridgehead atoms. The number of hydrogen-bond donors (Lipinski definition) is 2. The van der Waals surface area contributed by atoms with Gasteiger partial charge in [-0.05, 0) is 56.1 Å². The molecule has 4 aliphatic rings. The van der Waals surface area contributed by atoms with E-state index in [4.69, 9.17) is 9.47 Å². The summed E-state index contributed by atoms with van der Waals surface area (Å²) in [7, 11) is 0. The summed E-state index contributed by atoms with van der Waals surface area (Å²) in [6.45, 7) is 6.44. The second kappa shape index (κ2) is 7.80. The Morgan fingerprint density at radius 2 is 1.94 bits per heavy atom. The van der Waals surface area contributed by atoms with Gasteiger partial charge < -0.3 is 19.7 Å². The van der Waals surface area contributed by atoms with Crippen LogP contribution in [0.2, 0.25) is 0 Å². The number of hydrogen-bond acceptors (Lipinski definition) is 7. The van der Waals surface area contributed by atoms with E-state index in [9.17, 15) is 24.6 Å². The number of ether oxygens (including phenoxy) is 2. The van der Waals surface area contributed by atoms with E-state index >= 15 is 0 Å². The van der Waals surface area contributed by atoms with Gasteiger partial charge in [0.05, 0.1) is 6.10 Å².